The molecular weight excluding hydrogens is 434 g/mol. The third kappa shape index (κ3) is 10.8. The molecular formula is C24H39N7O3. The van der Waals surface area contributed by atoms with Crippen LogP contribution in [0.3, 0.4) is 0 Å². The van der Waals surface area contributed by atoms with Crippen molar-refractivity contribution >= 4 is 23.8 Å². The summed E-state index contributed by atoms with van der Waals surface area (Å²) in [5.74, 6) is 1.49. The van der Waals surface area contributed by atoms with Crippen LogP contribution in [0.4, 0.5) is 17.8 Å². The number of hydrogen-bond acceptors (Lipinski definition) is 9. The Kier molecular flexibility index (Phi) is 12.7. The van der Waals surface area contributed by atoms with Crippen molar-refractivity contribution < 1.29 is 14.3 Å². The van der Waals surface area contributed by atoms with E-state index in [1.807, 2.05) is 32.0 Å². The number of hydrogen-bond donors (Lipinski definition) is 4. The fourth-order valence-electron chi connectivity index (χ4n) is 3.00. The highest BCUT2D eigenvalue weighted by Gasteiger charge is 2.10. The van der Waals surface area contributed by atoms with Gasteiger partial charge in [-0.2, -0.15) is 15.0 Å². The Morgan fingerprint density at radius 3 is 2.03 bits per heavy atom. The Balaban J connectivity index is 1.62. The minimum Gasteiger partial charge on any atom is -0.377 e. The summed E-state index contributed by atoms with van der Waals surface area (Å²) < 4.78 is 11.1. The van der Waals surface area contributed by atoms with Gasteiger partial charge in [0.25, 0.3) is 5.91 Å². The normalized spacial score (nSPS) is 11.0. The number of nitrogens with zero attached hydrogens (tertiary/aromatic N) is 3. The fourth-order valence-corrected chi connectivity index (χ4v) is 3.00. The van der Waals surface area contributed by atoms with Gasteiger partial charge in [0.15, 0.2) is 0 Å². The topological polar surface area (TPSA) is 122 Å². The quantitative estimate of drug-likeness (QED) is 0.257. The average molecular weight is 474 g/mol. The number of aromatic nitrogens is 3. The maximum absolute atomic E-state index is 11.9. The second kappa shape index (κ2) is 15.8. The van der Waals surface area contributed by atoms with Crippen LogP contribution in [0.15, 0.2) is 30.3 Å². The standard InChI is InChI=1S/C24H39N7O3/c1-5-20(6-2)28-24-30-22(29-23(31-24)27-18(3)4)26-13-15-34-17-16-33-14-12-25-21(32)19-10-8-7-9-11-19/h7-11,18,20H,5-6,12-17H2,1-4H3,(H,25,32)(H3,26,27,28,29,30,31). The van der Waals surface area contributed by atoms with Crippen LogP contribution in [0.25, 0.3) is 0 Å². The summed E-state index contributed by atoms with van der Waals surface area (Å²) in [7, 11) is 0. The maximum atomic E-state index is 11.9. The summed E-state index contributed by atoms with van der Waals surface area (Å²) in [6.07, 6.45) is 1.99. The van der Waals surface area contributed by atoms with E-state index in [1.54, 1.807) is 12.1 Å². The molecule has 0 fully saturated rings. The summed E-state index contributed by atoms with van der Waals surface area (Å²) in [4.78, 5) is 25.3. The molecule has 0 aliphatic carbocycles. The lowest BCUT2D eigenvalue weighted by molar-refractivity contribution is 0.0519. The van der Waals surface area contributed by atoms with E-state index in [0.717, 1.165) is 12.8 Å². The van der Waals surface area contributed by atoms with Crippen molar-refractivity contribution in [1.82, 2.24) is 20.3 Å². The second-order valence-electron chi connectivity index (χ2n) is 8.04. The first-order valence-corrected chi connectivity index (χ1v) is 12.0. The lowest BCUT2D eigenvalue weighted by Gasteiger charge is -2.17. The predicted octanol–water partition coefficient (Wildman–Crippen LogP) is 3.17. The molecule has 188 valence electrons. The minimum atomic E-state index is -0.102. The molecule has 0 aliphatic heterocycles. The van der Waals surface area contributed by atoms with Crippen LogP contribution in [-0.2, 0) is 9.47 Å². The zero-order chi connectivity index (χ0) is 24.6. The number of nitrogens with one attached hydrogen (secondary N) is 4. The van der Waals surface area contributed by atoms with Gasteiger partial charge in [-0.05, 0) is 38.8 Å². The largest absolute Gasteiger partial charge is 0.377 e. The Hall–Kier alpha value is -2.98. The molecule has 2 aromatic rings. The number of benzene rings is 1. The molecule has 0 atom stereocenters. The Morgan fingerprint density at radius 2 is 1.41 bits per heavy atom. The molecule has 10 heteroatoms. The van der Waals surface area contributed by atoms with Crippen LogP contribution in [-0.4, -0.2) is 72.5 Å². The molecule has 0 radical (unpaired) electrons. The van der Waals surface area contributed by atoms with Gasteiger partial charge in [-0.15, -0.1) is 0 Å². The highest BCUT2D eigenvalue weighted by Crippen LogP contribution is 2.13. The van der Waals surface area contributed by atoms with Gasteiger partial charge >= 0.3 is 0 Å². The number of carbonyl (C=O) groups excluding carboxylic acids is 1. The molecule has 1 aromatic carbocycles. The summed E-state index contributed by atoms with van der Waals surface area (Å²) in [6.45, 7) is 11.2. The van der Waals surface area contributed by atoms with Crippen molar-refractivity contribution in [3.63, 3.8) is 0 Å². The van der Waals surface area contributed by atoms with Gasteiger partial charge < -0.3 is 30.7 Å². The number of carbonyl (C=O) groups is 1. The summed E-state index contributed by atoms with van der Waals surface area (Å²) in [6, 6.07) is 9.64. The molecule has 0 bridgehead atoms. The van der Waals surface area contributed by atoms with Crippen molar-refractivity contribution in [3.8, 4) is 0 Å². The average Bonchev–Trinajstić information content (AvgIpc) is 2.83. The first-order valence-electron chi connectivity index (χ1n) is 12.0. The van der Waals surface area contributed by atoms with Crippen LogP contribution in [0.2, 0.25) is 0 Å². The van der Waals surface area contributed by atoms with E-state index in [1.165, 1.54) is 0 Å². The number of anilines is 3. The van der Waals surface area contributed by atoms with E-state index in [0.29, 0.717) is 69.0 Å². The molecule has 4 N–H and O–H groups in total. The third-order valence-electron chi connectivity index (χ3n) is 4.84. The molecule has 0 spiro atoms. The first kappa shape index (κ1) is 27.3. The van der Waals surface area contributed by atoms with E-state index in [9.17, 15) is 4.79 Å². The van der Waals surface area contributed by atoms with Crippen LogP contribution in [0, 0.1) is 0 Å². The van der Waals surface area contributed by atoms with Gasteiger partial charge in [0.2, 0.25) is 17.8 Å². The van der Waals surface area contributed by atoms with Gasteiger partial charge in [-0.1, -0.05) is 32.0 Å². The van der Waals surface area contributed by atoms with Crippen LogP contribution in [0.1, 0.15) is 50.9 Å². The monoisotopic (exact) mass is 473 g/mol. The molecule has 1 amide bonds. The van der Waals surface area contributed by atoms with Gasteiger partial charge in [0, 0.05) is 30.7 Å². The van der Waals surface area contributed by atoms with E-state index in [4.69, 9.17) is 9.47 Å². The van der Waals surface area contributed by atoms with Gasteiger partial charge in [0.05, 0.1) is 26.4 Å². The van der Waals surface area contributed by atoms with Crippen molar-refractivity contribution in [3.05, 3.63) is 35.9 Å². The predicted molar refractivity (Wildman–Crippen MR) is 135 cm³/mol. The van der Waals surface area contributed by atoms with Crippen LogP contribution in [0.5, 0.6) is 0 Å². The molecule has 0 aliphatic rings. The lowest BCUT2D eigenvalue weighted by atomic mass is 10.2. The molecule has 0 unspecified atom stereocenters. The second-order valence-corrected chi connectivity index (χ2v) is 8.04. The first-order chi connectivity index (χ1) is 16.5. The number of ether oxygens (including phenoxy) is 2. The molecule has 10 nitrogen and oxygen atoms in total. The highest BCUT2D eigenvalue weighted by atomic mass is 16.5. The van der Waals surface area contributed by atoms with Crippen molar-refractivity contribution in [2.24, 2.45) is 0 Å². The van der Waals surface area contributed by atoms with Gasteiger partial charge in [0.1, 0.15) is 0 Å². The van der Waals surface area contributed by atoms with Gasteiger partial charge in [-0.25, -0.2) is 0 Å². The third-order valence-corrected chi connectivity index (χ3v) is 4.84. The minimum absolute atomic E-state index is 0.102. The van der Waals surface area contributed by atoms with E-state index >= 15 is 0 Å². The number of rotatable bonds is 17. The summed E-state index contributed by atoms with van der Waals surface area (Å²) in [5, 5.41) is 12.6. The van der Waals surface area contributed by atoms with E-state index in [-0.39, 0.29) is 11.9 Å². The Bertz CT molecular complexity index is 833. The molecule has 34 heavy (non-hydrogen) atoms. The SMILES string of the molecule is CCC(CC)Nc1nc(NCCOCCOCCNC(=O)c2ccccc2)nc(NC(C)C)n1. The molecule has 0 saturated carbocycles. The van der Waals surface area contributed by atoms with Crippen molar-refractivity contribution in [2.45, 2.75) is 52.6 Å². The zero-order valence-electron chi connectivity index (χ0n) is 20.8. The summed E-state index contributed by atoms with van der Waals surface area (Å²) in [5.41, 5.74) is 0.641. The highest BCUT2D eigenvalue weighted by molar-refractivity contribution is 5.94. The van der Waals surface area contributed by atoms with Crippen molar-refractivity contribution in [1.29, 1.82) is 0 Å². The Labute approximate surface area is 202 Å². The van der Waals surface area contributed by atoms with Gasteiger partial charge in [-0.3, -0.25) is 4.79 Å². The molecule has 1 aromatic heterocycles. The van der Waals surface area contributed by atoms with Crippen molar-refractivity contribution in [2.75, 3.05) is 55.5 Å². The molecule has 2 rings (SSSR count). The molecule has 0 saturated heterocycles. The smallest absolute Gasteiger partial charge is 0.251 e. The fraction of sp³-hybridized carbons (Fsp3) is 0.583. The number of amides is 1. The van der Waals surface area contributed by atoms with E-state index in [2.05, 4.69) is 50.1 Å². The van der Waals surface area contributed by atoms with E-state index < -0.39 is 0 Å². The summed E-state index contributed by atoms with van der Waals surface area (Å²) >= 11 is 0. The lowest BCUT2D eigenvalue weighted by Crippen LogP contribution is -2.27. The Morgan fingerprint density at radius 1 is 0.824 bits per heavy atom. The molecule has 1 heterocycles. The zero-order valence-corrected chi connectivity index (χ0v) is 20.8. The van der Waals surface area contributed by atoms with Crippen LogP contribution < -0.4 is 21.3 Å². The van der Waals surface area contributed by atoms with Crippen LogP contribution >= 0.6 is 0 Å². The maximum Gasteiger partial charge on any atom is 0.251 e.